The summed E-state index contributed by atoms with van der Waals surface area (Å²) in [6.45, 7) is 1.84. The summed E-state index contributed by atoms with van der Waals surface area (Å²) in [6, 6.07) is 10.4. The zero-order valence-corrected chi connectivity index (χ0v) is 8.80. The van der Waals surface area contributed by atoms with Crippen LogP contribution in [-0.2, 0) is 32.7 Å². The van der Waals surface area contributed by atoms with Crippen molar-refractivity contribution < 1.29 is 32.7 Å². The molecule has 0 aliphatic heterocycles. The third-order valence-electron chi connectivity index (χ3n) is 1.20. The summed E-state index contributed by atoms with van der Waals surface area (Å²) >= 11 is 0. The molecule has 0 aliphatic carbocycles. The van der Waals surface area contributed by atoms with Crippen LogP contribution in [0.3, 0.4) is 0 Å². The molecule has 0 amide bonds. The molecular formula is C8H9NY-2. The van der Waals surface area contributed by atoms with Gasteiger partial charge in [0, 0.05) is 32.7 Å². The van der Waals surface area contributed by atoms with E-state index in [-0.39, 0.29) is 38.8 Å². The summed E-state index contributed by atoms with van der Waals surface area (Å²) in [6.07, 6.45) is 0. The van der Waals surface area contributed by atoms with Crippen molar-refractivity contribution in [1.29, 1.82) is 0 Å². The van der Waals surface area contributed by atoms with Crippen LogP contribution in [0.25, 0.3) is 5.73 Å². The maximum absolute atomic E-state index is 7.29. The number of hydrogen-bond acceptors (Lipinski definition) is 0. The van der Waals surface area contributed by atoms with Crippen LogP contribution < -0.4 is 0 Å². The first-order chi connectivity index (χ1) is 4.30. The van der Waals surface area contributed by atoms with Crippen LogP contribution in [0.2, 0.25) is 0 Å². The first kappa shape index (κ1) is 10.3. The van der Waals surface area contributed by atoms with Gasteiger partial charge in [0.05, 0.1) is 0 Å². The Morgan fingerprint density at radius 2 is 2.20 bits per heavy atom. The Bertz CT molecular complexity index is 172. The molecule has 0 fully saturated rings. The summed E-state index contributed by atoms with van der Waals surface area (Å²) < 4.78 is 0. The second kappa shape index (κ2) is 5.00. The van der Waals surface area contributed by atoms with Gasteiger partial charge in [0.2, 0.25) is 0 Å². The predicted octanol–water partition coefficient (Wildman–Crippen LogP) is 2.60. The van der Waals surface area contributed by atoms with Crippen molar-refractivity contribution in [2.24, 2.45) is 0 Å². The van der Waals surface area contributed by atoms with Crippen molar-refractivity contribution in [2.75, 3.05) is 0 Å². The molecule has 10 heavy (non-hydrogen) atoms. The molecule has 0 aromatic heterocycles. The third kappa shape index (κ3) is 2.91. The minimum absolute atomic E-state index is 0. The summed E-state index contributed by atoms with van der Waals surface area (Å²) in [5.74, 6) is 0. The molecule has 0 saturated carbocycles. The van der Waals surface area contributed by atoms with E-state index in [9.17, 15) is 0 Å². The van der Waals surface area contributed by atoms with Crippen LogP contribution in [0, 0.1) is 6.07 Å². The largest absolute Gasteiger partial charge is 0.673 e. The molecule has 0 aliphatic rings. The van der Waals surface area contributed by atoms with Crippen LogP contribution in [0.5, 0.6) is 0 Å². The van der Waals surface area contributed by atoms with Gasteiger partial charge < -0.3 is 5.73 Å². The molecule has 1 aromatic rings. The quantitative estimate of drug-likeness (QED) is 0.633. The predicted molar refractivity (Wildman–Crippen MR) is 38.0 cm³/mol. The number of hydrogen-bond donors (Lipinski definition) is 0. The fourth-order valence-electron chi connectivity index (χ4n) is 0.677. The van der Waals surface area contributed by atoms with Gasteiger partial charge in [0.25, 0.3) is 0 Å². The average Bonchev–Trinajstić information content (AvgIpc) is 1.90. The molecule has 1 N–H and O–H groups in total. The van der Waals surface area contributed by atoms with Crippen molar-refractivity contribution in [3.63, 3.8) is 0 Å². The van der Waals surface area contributed by atoms with E-state index in [2.05, 4.69) is 6.07 Å². The molecule has 1 aromatic carbocycles. The first-order valence-corrected chi connectivity index (χ1v) is 2.98. The van der Waals surface area contributed by atoms with Crippen molar-refractivity contribution in [1.82, 2.24) is 0 Å². The Kier molecular flexibility index (Phi) is 5.15. The van der Waals surface area contributed by atoms with E-state index in [1.807, 2.05) is 31.2 Å². The molecule has 2 heteroatoms. The third-order valence-corrected chi connectivity index (χ3v) is 1.20. The van der Waals surface area contributed by atoms with Gasteiger partial charge in [-0.2, -0.15) is 35.9 Å². The van der Waals surface area contributed by atoms with Crippen LogP contribution in [0.1, 0.15) is 18.5 Å². The van der Waals surface area contributed by atoms with Gasteiger partial charge >= 0.3 is 0 Å². The van der Waals surface area contributed by atoms with Crippen LogP contribution >= 0.6 is 0 Å². The SMILES string of the molecule is CC([NH-])c1[c-]cccc1.[Y]. The van der Waals surface area contributed by atoms with E-state index in [4.69, 9.17) is 5.73 Å². The minimum Gasteiger partial charge on any atom is -0.673 e. The van der Waals surface area contributed by atoms with E-state index in [0.29, 0.717) is 0 Å². The number of nitrogens with one attached hydrogen (secondary N) is 1. The Labute approximate surface area is 86.9 Å². The van der Waals surface area contributed by atoms with Crippen molar-refractivity contribution in [3.8, 4) is 0 Å². The molecule has 51 valence electrons. The maximum Gasteiger partial charge on any atom is 0 e. The summed E-state index contributed by atoms with van der Waals surface area (Å²) in [5, 5.41) is 0. The summed E-state index contributed by atoms with van der Waals surface area (Å²) in [5.41, 5.74) is 8.24. The first-order valence-electron chi connectivity index (χ1n) is 2.98. The van der Waals surface area contributed by atoms with Crippen molar-refractivity contribution in [3.05, 3.63) is 41.6 Å². The van der Waals surface area contributed by atoms with Crippen LogP contribution in [-0.4, -0.2) is 0 Å². The van der Waals surface area contributed by atoms with Crippen LogP contribution in [0.4, 0.5) is 0 Å². The molecule has 1 unspecified atom stereocenters. The second-order valence-corrected chi connectivity index (χ2v) is 2.04. The minimum atomic E-state index is -0.147. The van der Waals surface area contributed by atoms with Gasteiger partial charge in [-0.3, -0.25) is 0 Å². The van der Waals surface area contributed by atoms with E-state index in [1.165, 1.54) is 0 Å². The van der Waals surface area contributed by atoms with E-state index >= 15 is 0 Å². The van der Waals surface area contributed by atoms with Gasteiger partial charge in [-0.1, -0.05) is 6.92 Å². The molecule has 1 rings (SSSR count). The smallest absolute Gasteiger partial charge is 0 e. The van der Waals surface area contributed by atoms with E-state index in [1.54, 1.807) is 0 Å². The van der Waals surface area contributed by atoms with Crippen molar-refractivity contribution in [2.45, 2.75) is 13.0 Å². The number of benzene rings is 1. The average molecular weight is 208 g/mol. The summed E-state index contributed by atoms with van der Waals surface area (Å²) in [4.78, 5) is 0. The Hall–Kier alpha value is 0.284. The zero-order chi connectivity index (χ0) is 6.69. The molecule has 0 saturated heterocycles. The van der Waals surface area contributed by atoms with Gasteiger partial charge in [0.1, 0.15) is 0 Å². The van der Waals surface area contributed by atoms with E-state index in [0.717, 1.165) is 5.56 Å². The topological polar surface area (TPSA) is 23.8 Å². The van der Waals surface area contributed by atoms with Gasteiger partial charge in [-0.15, -0.1) is 6.04 Å². The molecule has 0 bridgehead atoms. The molecule has 0 spiro atoms. The molecule has 1 nitrogen and oxygen atoms in total. The number of rotatable bonds is 1. The second-order valence-electron chi connectivity index (χ2n) is 2.04. The van der Waals surface area contributed by atoms with Crippen molar-refractivity contribution >= 4 is 0 Å². The molecular weight excluding hydrogens is 199 g/mol. The van der Waals surface area contributed by atoms with Gasteiger partial charge in [-0.05, 0) is 0 Å². The Morgan fingerprint density at radius 3 is 2.50 bits per heavy atom. The van der Waals surface area contributed by atoms with Gasteiger partial charge in [0.15, 0.2) is 0 Å². The van der Waals surface area contributed by atoms with Crippen LogP contribution in [0.15, 0.2) is 24.3 Å². The Balaban J connectivity index is 0.000000810. The molecule has 1 atom stereocenters. The standard InChI is InChI=1S/C8H9N.Y/c1-7(9)8-5-3-2-4-6-8;/h2-5,7,9H,1H3;/q-2;. The zero-order valence-electron chi connectivity index (χ0n) is 5.96. The normalized spacial score (nSPS) is 11.8. The fraction of sp³-hybridized carbons (Fsp3) is 0.250. The summed E-state index contributed by atoms with van der Waals surface area (Å²) in [7, 11) is 0. The molecule has 1 radical (unpaired) electrons. The molecule has 0 heterocycles. The monoisotopic (exact) mass is 208 g/mol. The Morgan fingerprint density at radius 1 is 1.50 bits per heavy atom. The fourth-order valence-corrected chi connectivity index (χ4v) is 0.677. The maximum atomic E-state index is 7.29. The van der Waals surface area contributed by atoms with E-state index < -0.39 is 0 Å². The van der Waals surface area contributed by atoms with Gasteiger partial charge in [-0.25, -0.2) is 0 Å².